The summed E-state index contributed by atoms with van der Waals surface area (Å²) in [7, 11) is 0. The fourth-order valence-corrected chi connectivity index (χ4v) is 4.49. The lowest BCUT2D eigenvalue weighted by Gasteiger charge is -2.32. The molecule has 0 spiro atoms. The molecule has 1 amide bonds. The summed E-state index contributed by atoms with van der Waals surface area (Å²) in [6.07, 6.45) is 5.79. The van der Waals surface area contributed by atoms with E-state index < -0.39 is 6.17 Å². The van der Waals surface area contributed by atoms with Crippen LogP contribution in [-0.4, -0.2) is 67.2 Å². The summed E-state index contributed by atoms with van der Waals surface area (Å²) in [5.74, 6) is 0.875. The Bertz CT molecular complexity index is 1010. The number of nitrogens with two attached hydrogens (primary N) is 2. The van der Waals surface area contributed by atoms with Crippen LogP contribution in [0.1, 0.15) is 5.56 Å². The maximum atomic E-state index is 10.9. The molecule has 0 aliphatic carbocycles. The summed E-state index contributed by atoms with van der Waals surface area (Å²) in [6, 6.07) is 5.47. The second kappa shape index (κ2) is 9.93. The van der Waals surface area contributed by atoms with Gasteiger partial charge in [-0.05, 0) is 24.3 Å². The lowest BCUT2D eigenvalue weighted by molar-refractivity contribution is -0.109. The third-order valence-electron chi connectivity index (χ3n) is 5.53. The fraction of sp³-hybridized carbons (Fsp3) is 0.333. The summed E-state index contributed by atoms with van der Waals surface area (Å²) >= 11 is 12.7. The molecule has 4 rings (SSSR count). The molecule has 0 saturated heterocycles. The third-order valence-corrected chi connectivity index (χ3v) is 6.08. The topological polar surface area (TPSA) is 124 Å². The van der Waals surface area contributed by atoms with Gasteiger partial charge in [0, 0.05) is 35.4 Å². The predicted molar refractivity (Wildman–Crippen MR) is 127 cm³/mol. The Kier molecular flexibility index (Phi) is 7.02. The van der Waals surface area contributed by atoms with Gasteiger partial charge in [0.05, 0.1) is 36.2 Å². The quantitative estimate of drug-likeness (QED) is 0.288. The number of hydrogen-bond acceptors (Lipinski definition) is 8. The van der Waals surface area contributed by atoms with Crippen molar-refractivity contribution in [3.05, 3.63) is 63.4 Å². The number of rotatable bonds is 7. The Hall–Kier alpha value is -2.56. The van der Waals surface area contributed by atoms with Crippen LogP contribution in [0.25, 0.3) is 5.70 Å². The molecule has 7 N–H and O–H groups in total. The Morgan fingerprint density at radius 3 is 2.97 bits per heavy atom. The Balaban J connectivity index is 1.69. The van der Waals surface area contributed by atoms with Gasteiger partial charge < -0.3 is 32.3 Å². The van der Waals surface area contributed by atoms with Crippen molar-refractivity contribution in [1.29, 1.82) is 0 Å². The van der Waals surface area contributed by atoms with Crippen LogP contribution in [-0.2, 0) is 4.79 Å². The highest BCUT2D eigenvalue weighted by Crippen LogP contribution is 2.35. The molecule has 3 aliphatic heterocycles. The first kappa shape index (κ1) is 22.6. The first-order chi connectivity index (χ1) is 15.5. The lowest BCUT2D eigenvalue weighted by Crippen LogP contribution is -2.46. The summed E-state index contributed by atoms with van der Waals surface area (Å²) in [4.78, 5) is 19.8. The molecule has 3 aliphatic rings. The van der Waals surface area contributed by atoms with E-state index in [0.717, 1.165) is 34.9 Å². The number of carbonyl (C=O) groups is 1. The first-order valence-corrected chi connectivity index (χ1v) is 11.0. The molecule has 1 aromatic rings. The van der Waals surface area contributed by atoms with Crippen molar-refractivity contribution in [3.63, 3.8) is 0 Å². The van der Waals surface area contributed by atoms with Gasteiger partial charge in [0.15, 0.2) is 0 Å². The molecule has 170 valence electrons. The largest absolute Gasteiger partial charge is 0.360 e. The van der Waals surface area contributed by atoms with Crippen molar-refractivity contribution in [2.45, 2.75) is 12.3 Å². The van der Waals surface area contributed by atoms with Gasteiger partial charge in [-0.1, -0.05) is 29.3 Å². The third kappa shape index (κ3) is 4.77. The predicted octanol–water partition coefficient (Wildman–Crippen LogP) is 0.598. The molecule has 0 aromatic heterocycles. The fourth-order valence-electron chi connectivity index (χ4n) is 3.99. The maximum Gasteiger partial charge on any atom is 0.208 e. The van der Waals surface area contributed by atoms with Crippen LogP contribution in [0.15, 0.2) is 52.8 Å². The number of hydrogen-bond donors (Lipinski definition) is 5. The van der Waals surface area contributed by atoms with Crippen LogP contribution in [0.3, 0.4) is 0 Å². The summed E-state index contributed by atoms with van der Waals surface area (Å²) < 4.78 is 0. The first-order valence-electron chi connectivity index (χ1n) is 10.3. The second-order valence-corrected chi connectivity index (χ2v) is 8.46. The summed E-state index contributed by atoms with van der Waals surface area (Å²) in [6.45, 7) is 3.17. The van der Waals surface area contributed by atoms with Crippen LogP contribution in [0.2, 0.25) is 10.0 Å². The van der Waals surface area contributed by atoms with E-state index in [4.69, 9.17) is 34.7 Å². The molecule has 2 atom stereocenters. The van der Waals surface area contributed by atoms with Gasteiger partial charge in [-0.25, -0.2) is 0 Å². The highest BCUT2D eigenvalue weighted by Gasteiger charge is 2.34. The Morgan fingerprint density at radius 1 is 1.38 bits per heavy atom. The molecule has 0 fully saturated rings. The van der Waals surface area contributed by atoms with Crippen molar-refractivity contribution >= 4 is 41.1 Å². The highest BCUT2D eigenvalue weighted by atomic mass is 35.5. The molecule has 0 saturated carbocycles. The van der Waals surface area contributed by atoms with Gasteiger partial charge in [0.25, 0.3) is 0 Å². The summed E-state index contributed by atoms with van der Waals surface area (Å²) in [5.41, 5.74) is 15.3. The zero-order valence-electron chi connectivity index (χ0n) is 17.4. The van der Waals surface area contributed by atoms with Crippen molar-refractivity contribution in [2.75, 3.05) is 32.8 Å². The van der Waals surface area contributed by atoms with E-state index in [1.54, 1.807) is 6.07 Å². The average molecular weight is 477 g/mol. The molecule has 3 heterocycles. The number of fused-ring (bicyclic) bond motifs is 1. The van der Waals surface area contributed by atoms with Gasteiger partial charge in [-0.2, -0.15) is 0 Å². The average Bonchev–Trinajstić information content (AvgIpc) is 3.12. The van der Waals surface area contributed by atoms with Crippen LogP contribution in [0, 0.1) is 0 Å². The highest BCUT2D eigenvalue weighted by molar-refractivity contribution is 6.35. The minimum absolute atomic E-state index is 0.0981. The zero-order valence-corrected chi connectivity index (χ0v) is 18.9. The maximum absolute atomic E-state index is 10.9. The number of nitrogens with zero attached hydrogens (tertiary/aromatic N) is 3. The van der Waals surface area contributed by atoms with Crippen molar-refractivity contribution in [2.24, 2.45) is 16.5 Å². The molecule has 32 heavy (non-hydrogen) atoms. The number of amidine groups is 1. The van der Waals surface area contributed by atoms with Gasteiger partial charge in [-0.3, -0.25) is 14.7 Å². The molecule has 1 aromatic carbocycles. The lowest BCUT2D eigenvalue weighted by atomic mass is 10.1. The number of amides is 1. The van der Waals surface area contributed by atoms with E-state index in [1.165, 1.54) is 0 Å². The number of nitrogens with one attached hydrogen (secondary N) is 3. The van der Waals surface area contributed by atoms with E-state index in [2.05, 4.69) is 30.7 Å². The van der Waals surface area contributed by atoms with Gasteiger partial charge >= 0.3 is 0 Å². The van der Waals surface area contributed by atoms with Crippen LogP contribution < -0.4 is 27.4 Å². The monoisotopic (exact) mass is 476 g/mol. The smallest absolute Gasteiger partial charge is 0.208 e. The number of aliphatic imine (C=N–C) groups is 1. The van der Waals surface area contributed by atoms with Gasteiger partial charge in [0.2, 0.25) is 6.41 Å². The zero-order chi connectivity index (χ0) is 22.7. The van der Waals surface area contributed by atoms with Crippen molar-refractivity contribution in [3.8, 4) is 0 Å². The van der Waals surface area contributed by atoms with Crippen molar-refractivity contribution in [1.82, 2.24) is 25.8 Å². The molecule has 0 bridgehead atoms. The molecule has 2 unspecified atom stereocenters. The number of halogens is 2. The van der Waals surface area contributed by atoms with Crippen LogP contribution in [0.5, 0.6) is 0 Å². The molecule has 11 heteroatoms. The Labute approximate surface area is 196 Å². The van der Waals surface area contributed by atoms with Gasteiger partial charge in [-0.15, -0.1) is 0 Å². The van der Waals surface area contributed by atoms with Crippen molar-refractivity contribution < 1.29 is 4.79 Å². The molecule has 0 radical (unpaired) electrons. The van der Waals surface area contributed by atoms with Crippen LogP contribution in [0.4, 0.5) is 0 Å². The molecular formula is C21H26Cl2N8O. The Morgan fingerprint density at radius 2 is 2.22 bits per heavy atom. The van der Waals surface area contributed by atoms with E-state index in [1.807, 2.05) is 30.5 Å². The van der Waals surface area contributed by atoms with Gasteiger partial charge in [0.1, 0.15) is 18.2 Å². The molecule has 9 nitrogen and oxygen atoms in total. The van der Waals surface area contributed by atoms with Crippen LogP contribution >= 0.6 is 23.2 Å². The normalized spacial score (nSPS) is 21.5. The standard InChI is InChI=1S/C21H26Cl2N8O/c22-14-2-3-15(16(23)7-14)20-17(9-30-6-5-26-18(10-30)27-11-24)31-8-13(21(25)28-12-32)1-4-19(31)29-20/h1-4,7-8,12,19,21,29H,5-6,9-11,24-25H2,(H,26,27)(H,28,32). The number of carbonyl (C=O) groups excluding carboxylic acids is 1. The van der Waals surface area contributed by atoms with E-state index in [0.29, 0.717) is 42.8 Å². The SMILES string of the molecule is NCNC1=NCCN(CC2=C(c3ccc(Cl)cc3Cl)NC3C=CC(C(N)NC=O)=CN23)C1. The second-order valence-electron chi connectivity index (χ2n) is 7.61. The molecular weight excluding hydrogens is 451 g/mol. The van der Waals surface area contributed by atoms with E-state index in [-0.39, 0.29) is 6.17 Å². The number of benzene rings is 1. The minimum atomic E-state index is -0.600. The minimum Gasteiger partial charge on any atom is -0.360 e. The van der Waals surface area contributed by atoms with E-state index >= 15 is 0 Å². The summed E-state index contributed by atoms with van der Waals surface area (Å²) in [5, 5.41) is 10.4. The van der Waals surface area contributed by atoms with E-state index in [9.17, 15) is 4.79 Å².